The molecular formula is C12H14N2O5S. The first-order chi connectivity index (χ1) is 9.43. The van der Waals surface area contributed by atoms with Crippen LogP contribution in [0.15, 0.2) is 29.2 Å². The standard InChI is InChI=1S/C12H14N2O5S/c1-8(15)13-11(12(16)19-2)7-20-10-5-3-9(4-6-10)14(17)18/h3-6,11H,7H2,1-2H3,(H,13,15). The van der Waals surface area contributed by atoms with Gasteiger partial charge in [0, 0.05) is 29.7 Å². The molecule has 0 aromatic heterocycles. The summed E-state index contributed by atoms with van der Waals surface area (Å²) in [5, 5.41) is 13.0. The summed E-state index contributed by atoms with van der Waals surface area (Å²) in [7, 11) is 1.24. The highest BCUT2D eigenvalue weighted by atomic mass is 32.2. The van der Waals surface area contributed by atoms with Crippen molar-refractivity contribution < 1.29 is 19.2 Å². The number of nitrogens with one attached hydrogen (secondary N) is 1. The van der Waals surface area contributed by atoms with Crippen molar-refractivity contribution in [1.29, 1.82) is 0 Å². The number of thioether (sulfide) groups is 1. The third-order valence-corrected chi connectivity index (χ3v) is 3.43. The molecule has 0 aliphatic heterocycles. The Morgan fingerprint density at radius 1 is 1.40 bits per heavy atom. The van der Waals surface area contributed by atoms with Gasteiger partial charge in [0.2, 0.25) is 5.91 Å². The Hall–Kier alpha value is -2.09. The molecule has 1 rings (SSSR count). The molecule has 0 spiro atoms. The summed E-state index contributed by atoms with van der Waals surface area (Å²) in [6.45, 7) is 1.31. The first-order valence-electron chi connectivity index (χ1n) is 5.66. The zero-order valence-corrected chi connectivity index (χ0v) is 11.8. The van der Waals surface area contributed by atoms with E-state index in [1.54, 1.807) is 12.1 Å². The highest BCUT2D eigenvalue weighted by Crippen LogP contribution is 2.22. The maximum atomic E-state index is 11.5. The minimum atomic E-state index is -0.752. The van der Waals surface area contributed by atoms with Crippen LogP contribution in [-0.4, -0.2) is 35.7 Å². The van der Waals surface area contributed by atoms with Gasteiger partial charge in [-0.1, -0.05) is 0 Å². The fourth-order valence-corrected chi connectivity index (χ4v) is 2.31. The van der Waals surface area contributed by atoms with Crippen LogP contribution in [0.3, 0.4) is 0 Å². The average molecular weight is 298 g/mol. The van der Waals surface area contributed by atoms with Crippen LogP contribution < -0.4 is 5.32 Å². The molecule has 1 unspecified atom stereocenters. The number of nitro benzene ring substituents is 1. The van der Waals surface area contributed by atoms with Crippen LogP contribution in [0.4, 0.5) is 5.69 Å². The summed E-state index contributed by atoms with van der Waals surface area (Å²) >= 11 is 1.30. The number of methoxy groups -OCH3 is 1. The lowest BCUT2D eigenvalue weighted by molar-refractivity contribution is -0.384. The van der Waals surface area contributed by atoms with Crippen LogP contribution in [0.1, 0.15) is 6.92 Å². The number of hydrogen-bond donors (Lipinski definition) is 1. The Bertz CT molecular complexity index is 503. The number of hydrogen-bond acceptors (Lipinski definition) is 6. The lowest BCUT2D eigenvalue weighted by atomic mass is 10.3. The van der Waals surface area contributed by atoms with E-state index in [1.807, 2.05) is 0 Å². The number of benzene rings is 1. The van der Waals surface area contributed by atoms with E-state index >= 15 is 0 Å². The first-order valence-corrected chi connectivity index (χ1v) is 6.64. The van der Waals surface area contributed by atoms with Gasteiger partial charge in [-0.15, -0.1) is 11.8 Å². The third-order valence-electron chi connectivity index (χ3n) is 2.33. The third kappa shape index (κ3) is 4.88. The molecule has 1 N–H and O–H groups in total. The van der Waals surface area contributed by atoms with E-state index < -0.39 is 16.9 Å². The molecule has 0 saturated carbocycles. The normalized spacial score (nSPS) is 11.5. The van der Waals surface area contributed by atoms with Gasteiger partial charge in [-0.05, 0) is 12.1 Å². The second-order valence-corrected chi connectivity index (χ2v) is 4.93. The predicted molar refractivity (Wildman–Crippen MR) is 73.4 cm³/mol. The number of carbonyl (C=O) groups is 2. The molecule has 7 nitrogen and oxygen atoms in total. The molecule has 0 aliphatic rings. The van der Waals surface area contributed by atoms with Gasteiger partial charge in [-0.2, -0.15) is 0 Å². The Balaban J connectivity index is 2.64. The van der Waals surface area contributed by atoms with Gasteiger partial charge in [0.15, 0.2) is 0 Å². The highest BCUT2D eigenvalue weighted by molar-refractivity contribution is 7.99. The van der Waals surface area contributed by atoms with Crippen molar-refractivity contribution >= 4 is 29.3 Å². The summed E-state index contributed by atoms with van der Waals surface area (Å²) < 4.78 is 4.60. The highest BCUT2D eigenvalue weighted by Gasteiger charge is 2.20. The van der Waals surface area contributed by atoms with Crippen LogP contribution in [0.5, 0.6) is 0 Å². The molecule has 1 aromatic rings. The summed E-state index contributed by atoms with van der Waals surface area (Å²) in [5.41, 5.74) is 0.000675. The van der Waals surface area contributed by atoms with Gasteiger partial charge in [0.25, 0.3) is 5.69 Å². The Morgan fingerprint density at radius 2 is 2.00 bits per heavy atom. The topological polar surface area (TPSA) is 98.5 Å². The predicted octanol–water partition coefficient (Wildman–Crippen LogP) is 1.36. The van der Waals surface area contributed by atoms with Gasteiger partial charge in [-0.3, -0.25) is 14.9 Å². The van der Waals surface area contributed by atoms with E-state index in [0.29, 0.717) is 0 Å². The molecule has 0 aliphatic carbocycles. The van der Waals surface area contributed by atoms with Gasteiger partial charge in [-0.25, -0.2) is 4.79 Å². The van der Waals surface area contributed by atoms with E-state index in [4.69, 9.17) is 0 Å². The van der Waals surface area contributed by atoms with Crippen LogP contribution in [0.2, 0.25) is 0 Å². The van der Waals surface area contributed by atoms with Crippen LogP contribution >= 0.6 is 11.8 Å². The van der Waals surface area contributed by atoms with E-state index in [1.165, 1.54) is 37.9 Å². The average Bonchev–Trinajstić information content (AvgIpc) is 2.42. The fourth-order valence-electron chi connectivity index (χ4n) is 1.40. The van der Waals surface area contributed by atoms with Crippen molar-refractivity contribution in [3.05, 3.63) is 34.4 Å². The molecule has 20 heavy (non-hydrogen) atoms. The largest absolute Gasteiger partial charge is 0.467 e. The monoisotopic (exact) mass is 298 g/mol. The number of carbonyl (C=O) groups excluding carboxylic acids is 2. The van der Waals surface area contributed by atoms with E-state index in [0.717, 1.165) is 4.90 Å². The van der Waals surface area contributed by atoms with Crippen molar-refractivity contribution in [3.8, 4) is 0 Å². The number of nitro groups is 1. The van der Waals surface area contributed by atoms with E-state index in [2.05, 4.69) is 10.1 Å². The van der Waals surface area contributed by atoms with Gasteiger partial charge >= 0.3 is 5.97 Å². The quantitative estimate of drug-likeness (QED) is 0.368. The van der Waals surface area contributed by atoms with Crippen molar-refractivity contribution in [2.45, 2.75) is 17.9 Å². The van der Waals surface area contributed by atoms with Crippen LogP contribution in [-0.2, 0) is 14.3 Å². The number of rotatable bonds is 6. The number of esters is 1. The lowest BCUT2D eigenvalue weighted by Crippen LogP contribution is -2.42. The molecule has 0 radical (unpaired) electrons. The fraction of sp³-hybridized carbons (Fsp3) is 0.333. The lowest BCUT2D eigenvalue weighted by Gasteiger charge is -2.14. The molecule has 1 aromatic carbocycles. The summed E-state index contributed by atoms with van der Waals surface area (Å²) in [5.74, 6) is -0.580. The molecule has 108 valence electrons. The second kappa shape index (κ2) is 7.49. The number of amides is 1. The second-order valence-electron chi connectivity index (χ2n) is 3.84. The zero-order valence-electron chi connectivity index (χ0n) is 11.0. The number of nitrogens with zero attached hydrogens (tertiary/aromatic N) is 1. The van der Waals surface area contributed by atoms with E-state index in [-0.39, 0.29) is 17.3 Å². The molecule has 0 heterocycles. The molecule has 8 heteroatoms. The van der Waals surface area contributed by atoms with Crippen molar-refractivity contribution in [1.82, 2.24) is 5.32 Å². The number of ether oxygens (including phenoxy) is 1. The smallest absolute Gasteiger partial charge is 0.329 e. The Kier molecular flexibility index (Phi) is 5.98. The maximum absolute atomic E-state index is 11.5. The maximum Gasteiger partial charge on any atom is 0.329 e. The van der Waals surface area contributed by atoms with Gasteiger partial charge in [0.05, 0.1) is 12.0 Å². The minimum absolute atomic E-state index is 0.000675. The zero-order chi connectivity index (χ0) is 15.1. The SMILES string of the molecule is COC(=O)C(CSc1ccc([N+](=O)[O-])cc1)NC(C)=O. The molecule has 0 saturated heterocycles. The van der Waals surface area contributed by atoms with Gasteiger partial charge in [0.1, 0.15) is 6.04 Å². The van der Waals surface area contributed by atoms with E-state index in [9.17, 15) is 19.7 Å². The first kappa shape index (κ1) is 16.0. The number of non-ortho nitro benzene ring substituents is 1. The summed E-state index contributed by atoms with van der Waals surface area (Å²) in [6.07, 6.45) is 0. The van der Waals surface area contributed by atoms with Crippen LogP contribution in [0, 0.1) is 10.1 Å². The Morgan fingerprint density at radius 3 is 2.45 bits per heavy atom. The van der Waals surface area contributed by atoms with Crippen molar-refractivity contribution in [3.63, 3.8) is 0 Å². The minimum Gasteiger partial charge on any atom is -0.467 e. The molecule has 1 atom stereocenters. The molecule has 1 amide bonds. The van der Waals surface area contributed by atoms with Crippen LogP contribution in [0.25, 0.3) is 0 Å². The molecule has 0 fully saturated rings. The van der Waals surface area contributed by atoms with Crippen molar-refractivity contribution in [2.75, 3.05) is 12.9 Å². The van der Waals surface area contributed by atoms with Gasteiger partial charge < -0.3 is 10.1 Å². The Labute approximate surface area is 119 Å². The molecule has 0 bridgehead atoms. The summed E-state index contributed by atoms with van der Waals surface area (Å²) in [4.78, 5) is 33.3. The summed E-state index contributed by atoms with van der Waals surface area (Å²) in [6, 6.07) is 5.19. The van der Waals surface area contributed by atoms with Crippen molar-refractivity contribution in [2.24, 2.45) is 0 Å². The molecular weight excluding hydrogens is 284 g/mol.